The van der Waals surface area contributed by atoms with Crippen molar-refractivity contribution in [3.63, 3.8) is 0 Å². The summed E-state index contributed by atoms with van der Waals surface area (Å²) >= 11 is 0. The van der Waals surface area contributed by atoms with E-state index in [9.17, 15) is 61.0 Å². The zero-order valence-corrected chi connectivity index (χ0v) is 58.4. The number of aliphatic hydroxyl groups is 11. The number of aliphatic hydroxyl groups excluding tert-OH is 11. The third-order valence-electron chi connectivity index (χ3n) is 18.8. The van der Waals surface area contributed by atoms with Gasteiger partial charge in [0, 0.05) is 6.42 Å². The fourth-order valence-corrected chi connectivity index (χ4v) is 12.7. The molecule has 1 amide bonds. The van der Waals surface area contributed by atoms with E-state index in [2.05, 4.69) is 55.6 Å². The molecule has 19 heteroatoms. The summed E-state index contributed by atoms with van der Waals surface area (Å²) in [6, 6.07) is -0.998. The predicted molar refractivity (Wildman–Crippen MR) is 369 cm³/mol. The van der Waals surface area contributed by atoms with Gasteiger partial charge in [-0.1, -0.05) is 262 Å². The predicted octanol–water partition coefficient (Wildman–Crippen LogP) is 11.3. The van der Waals surface area contributed by atoms with E-state index >= 15 is 0 Å². The molecule has 17 atom stereocenters. The van der Waals surface area contributed by atoms with Crippen LogP contribution in [0.5, 0.6) is 0 Å². The fraction of sp³-hybridized carbons (Fsp3) is 0.880. The minimum absolute atomic E-state index is 0.233. The van der Waals surface area contributed by atoms with Crippen LogP contribution in [0, 0.1) is 0 Å². The van der Waals surface area contributed by atoms with Gasteiger partial charge in [0.25, 0.3) is 0 Å². The van der Waals surface area contributed by atoms with Crippen molar-refractivity contribution < 1.29 is 89.4 Å². The minimum Gasteiger partial charge on any atom is -0.394 e. The Morgan fingerprint density at radius 1 is 0.372 bits per heavy atom. The Bertz CT molecular complexity index is 1890. The van der Waals surface area contributed by atoms with E-state index in [1.807, 2.05) is 6.08 Å². The summed E-state index contributed by atoms with van der Waals surface area (Å²) in [5, 5.41) is 121. The Labute approximate surface area is 567 Å². The topological polar surface area (TPSA) is 307 Å². The number of ether oxygens (including phenoxy) is 6. The molecule has 3 rings (SSSR count). The van der Waals surface area contributed by atoms with Crippen LogP contribution in [-0.4, -0.2) is 193 Å². The molecule has 0 saturated carbocycles. The van der Waals surface area contributed by atoms with Gasteiger partial charge in [0.1, 0.15) is 73.2 Å². The molecule has 3 aliphatic heterocycles. The van der Waals surface area contributed by atoms with Crippen LogP contribution in [0.1, 0.15) is 290 Å². The van der Waals surface area contributed by atoms with Crippen LogP contribution in [0.3, 0.4) is 0 Å². The van der Waals surface area contributed by atoms with Crippen LogP contribution in [-0.2, 0) is 33.2 Å². The number of allylic oxidation sites excluding steroid dienone is 7. The number of carbonyl (C=O) groups excluding carboxylic acids is 1. The average Bonchev–Trinajstić information content (AvgIpc) is 0.788. The molecule has 0 aromatic rings. The molecule has 19 nitrogen and oxygen atoms in total. The van der Waals surface area contributed by atoms with E-state index in [0.717, 1.165) is 44.9 Å². The van der Waals surface area contributed by atoms with Crippen LogP contribution in [0.25, 0.3) is 0 Å². The van der Waals surface area contributed by atoms with Crippen molar-refractivity contribution in [3.8, 4) is 0 Å². The second kappa shape index (κ2) is 56.5. The number of nitrogens with one attached hydrogen (secondary N) is 1. The third kappa shape index (κ3) is 37.3. The number of unbranched alkanes of at least 4 members (excludes halogenated alkanes) is 37. The van der Waals surface area contributed by atoms with E-state index in [-0.39, 0.29) is 18.9 Å². The molecule has 12 N–H and O–H groups in total. The van der Waals surface area contributed by atoms with E-state index in [0.29, 0.717) is 12.8 Å². The molecule has 3 aliphatic rings. The van der Waals surface area contributed by atoms with Gasteiger partial charge in [-0.05, 0) is 70.6 Å². The van der Waals surface area contributed by atoms with E-state index in [1.165, 1.54) is 212 Å². The van der Waals surface area contributed by atoms with Crippen LogP contribution in [0.4, 0.5) is 0 Å². The summed E-state index contributed by atoms with van der Waals surface area (Å²) in [6.45, 7) is 1.74. The summed E-state index contributed by atoms with van der Waals surface area (Å²) in [5.41, 5.74) is 0. The Hall–Kier alpha value is -2.25. The molecule has 17 unspecified atom stereocenters. The maximum Gasteiger partial charge on any atom is 0.220 e. The molecular weight excluding hydrogens is 1200 g/mol. The molecule has 94 heavy (non-hydrogen) atoms. The molecule has 0 spiro atoms. The lowest BCUT2D eigenvalue weighted by Crippen LogP contribution is -2.66. The maximum absolute atomic E-state index is 13.4. The zero-order valence-electron chi connectivity index (χ0n) is 58.4. The lowest BCUT2D eigenvalue weighted by Gasteiger charge is -2.48. The molecule has 3 fully saturated rings. The first-order valence-corrected chi connectivity index (χ1v) is 37.9. The van der Waals surface area contributed by atoms with Crippen molar-refractivity contribution in [2.24, 2.45) is 0 Å². The summed E-state index contributed by atoms with van der Waals surface area (Å²) in [7, 11) is 0. The van der Waals surface area contributed by atoms with Gasteiger partial charge in [-0.3, -0.25) is 4.79 Å². The lowest BCUT2D eigenvalue weighted by molar-refractivity contribution is -0.379. The first-order chi connectivity index (χ1) is 45.8. The molecule has 0 aliphatic carbocycles. The number of hydrogen-bond donors (Lipinski definition) is 12. The van der Waals surface area contributed by atoms with Crippen molar-refractivity contribution in [1.29, 1.82) is 0 Å². The fourth-order valence-electron chi connectivity index (χ4n) is 12.7. The number of carbonyl (C=O) groups is 1. The van der Waals surface area contributed by atoms with E-state index in [4.69, 9.17) is 28.4 Å². The summed E-state index contributed by atoms with van der Waals surface area (Å²) in [4.78, 5) is 13.4. The first kappa shape index (κ1) is 86.0. The summed E-state index contributed by atoms with van der Waals surface area (Å²) < 4.78 is 34.4. The zero-order chi connectivity index (χ0) is 68.2. The third-order valence-corrected chi connectivity index (χ3v) is 18.8. The molecule has 0 radical (unpaired) electrons. The molecule has 3 heterocycles. The highest BCUT2D eigenvalue weighted by Gasteiger charge is 2.53. The van der Waals surface area contributed by atoms with Gasteiger partial charge in [0.2, 0.25) is 5.91 Å². The second-order valence-corrected chi connectivity index (χ2v) is 27.1. The molecule has 3 saturated heterocycles. The largest absolute Gasteiger partial charge is 0.394 e. The minimum atomic E-state index is -1.98. The normalized spacial score (nSPS) is 27.6. The van der Waals surface area contributed by atoms with Crippen LogP contribution in [0.2, 0.25) is 0 Å². The second-order valence-electron chi connectivity index (χ2n) is 27.1. The molecule has 0 aromatic heterocycles. The van der Waals surface area contributed by atoms with Gasteiger partial charge in [0.15, 0.2) is 18.9 Å². The number of hydrogen-bond acceptors (Lipinski definition) is 18. The van der Waals surface area contributed by atoms with Gasteiger partial charge in [-0.2, -0.15) is 0 Å². The Balaban J connectivity index is 1.43. The standard InChI is InChI=1S/C75H137NO18/c1-3-5-7-9-11-13-15-17-19-21-23-25-27-29-31-33-35-37-39-41-43-45-47-49-51-53-63(81)76-58(59(80)52-50-48-46-44-42-40-38-36-34-32-30-28-26-24-22-20-18-16-14-12-10-8-6-4-2)57-89-73-69(87)66(84)71(61(55-78)91-73)94-75-70(88)67(85)72(62(56-79)92-75)93-74-68(86)65(83)64(82)60(54-77)90-74/h21,23,34,36,42,44,50,52,58-62,64-75,77-80,82-88H,3-20,22,24-33,35,37-41,43,45-49,51,53-57H2,1-2H3,(H,76,81)/b23-21-,36-34+,44-42+,52-50+. The van der Waals surface area contributed by atoms with Crippen molar-refractivity contribution >= 4 is 5.91 Å². The maximum atomic E-state index is 13.4. The van der Waals surface area contributed by atoms with Crippen LogP contribution < -0.4 is 5.32 Å². The van der Waals surface area contributed by atoms with Gasteiger partial charge in [-0.15, -0.1) is 0 Å². The highest BCUT2D eigenvalue weighted by atomic mass is 16.8. The summed E-state index contributed by atoms with van der Waals surface area (Å²) in [6.07, 6.45) is 42.4. The van der Waals surface area contributed by atoms with Crippen molar-refractivity contribution in [2.75, 3.05) is 26.4 Å². The Morgan fingerprint density at radius 2 is 0.681 bits per heavy atom. The monoisotopic (exact) mass is 1340 g/mol. The molecule has 0 aromatic carbocycles. The van der Waals surface area contributed by atoms with Crippen molar-refractivity contribution in [2.45, 2.75) is 394 Å². The Morgan fingerprint density at radius 3 is 1.06 bits per heavy atom. The Kier molecular flexibility index (Phi) is 51.7. The highest BCUT2D eigenvalue weighted by Crippen LogP contribution is 2.33. The molecule has 0 bridgehead atoms. The average molecular weight is 1340 g/mol. The smallest absolute Gasteiger partial charge is 0.220 e. The lowest BCUT2D eigenvalue weighted by atomic mass is 9.96. The molecule has 550 valence electrons. The first-order valence-electron chi connectivity index (χ1n) is 37.9. The van der Waals surface area contributed by atoms with Crippen LogP contribution >= 0.6 is 0 Å². The quantitative estimate of drug-likeness (QED) is 0.0199. The van der Waals surface area contributed by atoms with Gasteiger partial charge in [-0.25, -0.2) is 0 Å². The number of amides is 1. The van der Waals surface area contributed by atoms with E-state index < -0.39 is 124 Å². The molecular formula is C75H137NO18. The van der Waals surface area contributed by atoms with Gasteiger partial charge in [0.05, 0.1) is 38.6 Å². The van der Waals surface area contributed by atoms with Gasteiger partial charge >= 0.3 is 0 Å². The van der Waals surface area contributed by atoms with Gasteiger partial charge < -0.3 is 89.9 Å². The number of rotatable bonds is 59. The SMILES string of the molecule is CCCCCCCCCC/C=C\CCCCCCCCCCCCCCCC(=O)NC(COC1OC(CO)C(OC2OC(CO)C(OC3OC(CO)C(O)C(O)C3O)C(O)C2O)C(O)C1O)C(O)/C=C/CC/C=C/CC/C=C/CCCCCCCCCCCCCCCC. The van der Waals surface area contributed by atoms with E-state index in [1.54, 1.807) is 6.08 Å². The van der Waals surface area contributed by atoms with Crippen molar-refractivity contribution in [1.82, 2.24) is 5.32 Å². The van der Waals surface area contributed by atoms with Crippen LogP contribution in [0.15, 0.2) is 48.6 Å². The van der Waals surface area contributed by atoms with Crippen molar-refractivity contribution in [3.05, 3.63) is 48.6 Å². The highest BCUT2D eigenvalue weighted by molar-refractivity contribution is 5.76. The summed E-state index contributed by atoms with van der Waals surface area (Å²) in [5.74, 6) is -0.287.